The number of benzene rings is 2. The van der Waals surface area contributed by atoms with Crippen molar-refractivity contribution in [2.45, 2.75) is 13.8 Å². The summed E-state index contributed by atoms with van der Waals surface area (Å²) in [6, 6.07) is 19.9. The smallest absolute Gasteiger partial charge is 0.201 e. The van der Waals surface area contributed by atoms with Crippen LogP contribution in [0.5, 0.6) is 0 Å². The molecule has 0 fully saturated rings. The molecule has 0 saturated heterocycles. The zero-order valence-corrected chi connectivity index (χ0v) is 12.3. The molecule has 1 nitrogen and oxygen atoms in total. The van der Waals surface area contributed by atoms with E-state index in [1.807, 2.05) is 42.9 Å². The second kappa shape index (κ2) is 5.53. The van der Waals surface area contributed by atoms with E-state index >= 15 is 0 Å². The third kappa shape index (κ3) is 2.73. The van der Waals surface area contributed by atoms with Gasteiger partial charge in [-0.25, -0.2) is 4.57 Å². The lowest BCUT2D eigenvalue weighted by Gasteiger charge is -2.08. The highest BCUT2D eigenvalue weighted by atomic mass is 14.9. The number of pyridine rings is 1. The van der Waals surface area contributed by atoms with Gasteiger partial charge in [0.1, 0.15) is 7.05 Å². The highest BCUT2D eigenvalue weighted by Crippen LogP contribution is 2.27. The van der Waals surface area contributed by atoms with Crippen LogP contribution in [0.15, 0.2) is 66.9 Å². The van der Waals surface area contributed by atoms with Crippen LogP contribution in [0.2, 0.25) is 0 Å². The Hall–Kier alpha value is -2.41. The molecule has 1 aromatic heterocycles. The van der Waals surface area contributed by atoms with Crippen molar-refractivity contribution in [3.63, 3.8) is 0 Å². The van der Waals surface area contributed by atoms with Crippen LogP contribution in [-0.2, 0) is 7.05 Å². The van der Waals surface area contributed by atoms with E-state index in [4.69, 9.17) is 4.11 Å². The second-order valence-electron chi connectivity index (χ2n) is 5.31. The van der Waals surface area contributed by atoms with Gasteiger partial charge in [-0.15, -0.1) is 0 Å². The zero-order valence-electron chi connectivity index (χ0n) is 15.3. The maximum atomic E-state index is 7.66. The number of nitrogens with zero attached hydrogens (tertiary/aromatic N) is 1. The molecule has 0 atom stereocenters. The average molecular weight is 277 g/mol. The molecular weight excluding hydrogens is 254 g/mol. The summed E-state index contributed by atoms with van der Waals surface area (Å²) >= 11 is 0. The van der Waals surface area contributed by atoms with Crippen molar-refractivity contribution in [3.05, 3.63) is 78.0 Å². The van der Waals surface area contributed by atoms with Gasteiger partial charge in [0.2, 0.25) is 5.69 Å². The van der Waals surface area contributed by atoms with E-state index < -0.39 is 6.85 Å². The molecule has 0 aliphatic carbocycles. The van der Waals surface area contributed by atoms with E-state index in [2.05, 4.69) is 30.3 Å². The highest BCUT2D eigenvalue weighted by molar-refractivity contribution is 5.72. The van der Waals surface area contributed by atoms with Crippen molar-refractivity contribution in [2.75, 3.05) is 0 Å². The first-order valence-corrected chi connectivity index (χ1v) is 7.03. The van der Waals surface area contributed by atoms with Crippen LogP contribution in [0.3, 0.4) is 0 Å². The summed E-state index contributed by atoms with van der Waals surface area (Å²) in [6.45, 7) is -0.0555. The normalized spacial score (nSPS) is 13.3. The zero-order chi connectivity index (χ0) is 17.3. The predicted molar refractivity (Wildman–Crippen MR) is 88.0 cm³/mol. The first kappa shape index (κ1) is 10.3. The molecule has 0 saturated carbocycles. The molecule has 3 aromatic rings. The molecule has 0 N–H and O–H groups in total. The monoisotopic (exact) mass is 277 g/mol. The molecule has 1 heterocycles. The lowest BCUT2D eigenvalue weighted by atomic mass is 9.97. The standard InChI is InChI=1S/C20H20N/c1-15-11-12-21(3)20(13-15)19-14-18(10-9-16(19)2)17-7-5-4-6-8-17/h4-14H,1-3H3/q+1/i1D3. The Morgan fingerprint density at radius 1 is 0.905 bits per heavy atom. The van der Waals surface area contributed by atoms with Crippen LogP contribution in [-0.4, -0.2) is 0 Å². The van der Waals surface area contributed by atoms with Gasteiger partial charge in [0.05, 0.1) is 0 Å². The molecule has 2 aromatic carbocycles. The SMILES string of the molecule is [2H]C([2H])([2H])c1cc[n+](C)c(-c2cc(-c3ccccc3)ccc2C)c1. The van der Waals surface area contributed by atoms with E-state index in [0.29, 0.717) is 5.56 Å². The third-order valence-electron chi connectivity index (χ3n) is 3.77. The van der Waals surface area contributed by atoms with Crippen LogP contribution in [0, 0.1) is 13.8 Å². The lowest BCUT2D eigenvalue weighted by molar-refractivity contribution is -0.660. The fourth-order valence-electron chi connectivity index (χ4n) is 2.55. The summed E-state index contributed by atoms with van der Waals surface area (Å²) in [6.07, 6.45) is 1.81. The minimum absolute atomic E-state index is 0.361. The molecule has 21 heavy (non-hydrogen) atoms. The van der Waals surface area contributed by atoms with Gasteiger partial charge in [-0.2, -0.15) is 0 Å². The van der Waals surface area contributed by atoms with Crippen molar-refractivity contribution < 1.29 is 8.68 Å². The molecule has 0 unspecified atom stereocenters. The third-order valence-corrected chi connectivity index (χ3v) is 3.77. The van der Waals surface area contributed by atoms with Crippen molar-refractivity contribution in [1.29, 1.82) is 0 Å². The quantitative estimate of drug-likeness (QED) is 0.609. The number of aryl methyl sites for hydroxylation is 3. The molecule has 3 rings (SSSR count). The molecule has 0 spiro atoms. The van der Waals surface area contributed by atoms with E-state index in [9.17, 15) is 0 Å². The number of aromatic nitrogens is 1. The Labute approximate surface area is 130 Å². The first-order valence-electron chi connectivity index (χ1n) is 8.53. The van der Waals surface area contributed by atoms with E-state index in [0.717, 1.165) is 27.9 Å². The van der Waals surface area contributed by atoms with Gasteiger partial charge in [-0.1, -0.05) is 42.5 Å². The molecule has 0 aliphatic heterocycles. The van der Waals surface area contributed by atoms with Crippen molar-refractivity contribution >= 4 is 0 Å². The molecule has 0 amide bonds. The number of rotatable bonds is 2. The van der Waals surface area contributed by atoms with Crippen molar-refractivity contribution in [2.24, 2.45) is 7.05 Å². The van der Waals surface area contributed by atoms with Crippen LogP contribution >= 0.6 is 0 Å². The van der Waals surface area contributed by atoms with E-state index in [-0.39, 0.29) is 0 Å². The van der Waals surface area contributed by atoms with Gasteiger partial charge in [-0.05, 0) is 42.1 Å². The fourth-order valence-corrected chi connectivity index (χ4v) is 2.55. The summed E-state index contributed by atoms with van der Waals surface area (Å²) in [5.41, 5.74) is 5.70. The molecule has 0 aliphatic rings. The van der Waals surface area contributed by atoms with Gasteiger partial charge < -0.3 is 0 Å². The lowest BCUT2D eigenvalue weighted by Crippen LogP contribution is -2.30. The molecule has 0 bridgehead atoms. The Morgan fingerprint density at radius 3 is 2.48 bits per heavy atom. The second-order valence-corrected chi connectivity index (χ2v) is 5.31. The summed E-state index contributed by atoms with van der Waals surface area (Å²) in [5, 5.41) is 0. The Balaban J connectivity index is 2.16. The van der Waals surface area contributed by atoms with E-state index in [1.165, 1.54) is 0 Å². The summed E-state index contributed by atoms with van der Waals surface area (Å²) in [4.78, 5) is 0. The van der Waals surface area contributed by atoms with Crippen LogP contribution in [0.1, 0.15) is 15.2 Å². The molecule has 104 valence electrons. The molecule has 1 heteroatoms. The fraction of sp³-hybridized carbons (Fsp3) is 0.150. The summed E-state index contributed by atoms with van der Waals surface area (Å²) in [7, 11) is 1.94. The summed E-state index contributed by atoms with van der Waals surface area (Å²) in [5.74, 6) is 0. The highest BCUT2D eigenvalue weighted by Gasteiger charge is 2.13. The molecular formula is C20H20N+. The number of hydrogen-bond donors (Lipinski definition) is 0. The minimum atomic E-state index is -2.10. The van der Waals surface area contributed by atoms with Crippen molar-refractivity contribution in [3.8, 4) is 22.4 Å². The van der Waals surface area contributed by atoms with Gasteiger partial charge in [0.25, 0.3) is 0 Å². The van der Waals surface area contributed by atoms with Crippen LogP contribution < -0.4 is 4.57 Å². The van der Waals surface area contributed by atoms with Gasteiger partial charge in [-0.3, -0.25) is 0 Å². The minimum Gasteiger partial charge on any atom is -0.201 e. The maximum absolute atomic E-state index is 7.66. The Bertz CT molecular complexity index is 868. The van der Waals surface area contributed by atoms with Crippen molar-refractivity contribution in [1.82, 2.24) is 0 Å². The largest absolute Gasteiger partial charge is 0.212 e. The first-order chi connectivity index (χ1) is 11.4. The Morgan fingerprint density at radius 2 is 1.71 bits per heavy atom. The summed E-state index contributed by atoms with van der Waals surface area (Å²) < 4.78 is 24.9. The predicted octanol–water partition coefficient (Wildman–Crippen LogP) is 4.46. The Kier molecular flexibility index (Phi) is 2.72. The maximum Gasteiger partial charge on any atom is 0.212 e. The average Bonchev–Trinajstić information content (AvgIpc) is 2.56. The van der Waals surface area contributed by atoms with E-state index in [1.54, 1.807) is 12.1 Å². The van der Waals surface area contributed by atoms with Crippen LogP contribution in [0.25, 0.3) is 22.4 Å². The van der Waals surface area contributed by atoms with Gasteiger partial charge in [0.15, 0.2) is 6.20 Å². The number of hydrogen-bond acceptors (Lipinski definition) is 0. The van der Waals surface area contributed by atoms with Gasteiger partial charge in [0, 0.05) is 21.8 Å². The topological polar surface area (TPSA) is 3.88 Å². The molecule has 0 radical (unpaired) electrons. The van der Waals surface area contributed by atoms with Gasteiger partial charge >= 0.3 is 0 Å². The van der Waals surface area contributed by atoms with Crippen LogP contribution in [0.4, 0.5) is 0 Å².